The molecule has 0 aliphatic carbocycles. The fourth-order valence-corrected chi connectivity index (χ4v) is 2.68. The molecule has 0 spiro atoms. The van der Waals surface area contributed by atoms with E-state index in [-0.39, 0.29) is 23.7 Å². The minimum atomic E-state index is -0.891. The van der Waals surface area contributed by atoms with E-state index in [1.54, 1.807) is 6.07 Å². The summed E-state index contributed by atoms with van der Waals surface area (Å²) in [5.41, 5.74) is 0.990. The normalized spacial score (nSPS) is 11.8. The Bertz CT molecular complexity index is 694. The van der Waals surface area contributed by atoms with Crippen LogP contribution in [0, 0.1) is 5.82 Å². The molecule has 1 atom stereocenters. The molecule has 0 aliphatic heterocycles. The van der Waals surface area contributed by atoms with Crippen molar-refractivity contribution in [2.24, 2.45) is 0 Å². The van der Waals surface area contributed by atoms with Gasteiger partial charge in [0.2, 0.25) is 0 Å². The van der Waals surface area contributed by atoms with Crippen LogP contribution in [0.15, 0.2) is 35.0 Å². The Morgan fingerprint density at radius 2 is 2.09 bits per heavy atom. The van der Waals surface area contributed by atoms with Gasteiger partial charge < -0.3 is 15.7 Å². The van der Waals surface area contributed by atoms with Crippen molar-refractivity contribution in [1.29, 1.82) is 0 Å². The van der Waals surface area contributed by atoms with Crippen LogP contribution in [0.3, 0.4) is 0 Å². The third-order valence-electron chi connectivity index (χ3n) is 3.01. The molecule has 3 N–H and O–H groups in total. The van der Waals surface area contributed by atoms with Crippen molar-refractivity contribution in [3.8, 4) is 0 Å². The first kappa shape index (κ1) is 17.4. The summed E-state index contributed by atoms with van der Waals surface area (Å²) < 4.78 is 13.0. The van der Waals surface area contributed by atoms with E-state index in [0.29, 0.717) is 0 Å². The lowest BCUT2D eigenvalue weighted by molar-refractivity contribution is -0.136. The molecule has 1 heterocycles. The number of hydrogen-bond donors (Lipinski definition) is 3. The summed E-state index contributed by atoms with van der Waals surface area (Å²) >= 11 is 7.06. The van der Waals surface area contributed by atoms with Crippen LogP contribution in [0.1, 0.15) is 18.1 Å². The van der Waals surface area contributed by atoms with Gasteiger partial charge in [-0.1, -0.05) is 11.6 Å². The van der Waals surface area contributed by atoms with E-state index in [1.807, 2.05) is 10.8 Å². The van der Waals surface area contributed by atoms with Gasteiger partial charge in [-0.25, -0.2) is 4.39 Å². The highest BCUT2D eigenvalue weighted by molar-refractivity contribution is 7.07. The summed E-state index contributed by atoms with van der Waals surface area (Å²) in [7, 11) is 0. The molecule has 23 heavy (non-hydrogen) atoms. The lowest BCUT2D eigenvalue weighted by Crippen LogP contribution is -2.36. The number of hydrogen-bond acceptors (Lipinski definition) is 4. The van der Waals surface area contributed by atoms with Crippen LogP contribution in [-0.4, -0.2) is 23.5 Å². The Balaban J connectivity index is 1.78. The molecule has 8 heteroatoms. The summed E-state index contributed by atoms with van der Waals surface area (Å²) in [5.74, 6) is -2.35. The molecule has 0 fully saturated rings. The third-order valence-corrected chi connectivity index (χ3v) is 4.01. The smallest absolute Gasteiger partial charge is 0.313 e. The Morgan fingerprint density at radius 3 is 2.74 bits per heavy atom. The highest BCUT2D eigenvalue weighted by Crippen LogP contribution is 2.19. The quantitative estimate of drug-likeness (QED) is 0.721. The number of carbonyl (C=O) groups excluding carboxylic acids is 2. The van der Waals surface area contributed by atoms with Gasteiger partial charge in [0.05, 0.1) is 11.1 Å². The number of anilines is 1. The molecule has 1 aromatic carbocycles. The highest BCUT2D eigenvalue weighted by atomic mass is 35.5. The topological polar surface area (TPSA) is 78.4 Å². The van der Waals surface area contributed by atoms with Crippen molar-refractivity contribution >= 4 is 40.4 Å². The van der Waals surface area contributed by atoms with Crippen LogP contribution in [0.2, 0.25) is 5.02 Å². The number of aliphatic hydroxyl groups is 1. The van der Waals surface area contributed by atoms with Gasteiger partial charge in [-0.05, 0) is 47.0 Å². The van der Waals surface area contributed by atoms with E-state index in [4.69, 9.17) is 11.6 Å². The maximum absolute atomic E-state index is 13.0. The first-order valence-electron chi connectivity index (χ1n) is 6.72. The van der Waals surface area contributed by atoms with Crippen LogP contribution in [-0.2, 0) is 9.59 Å². The van der Waals surface area contributed by atoms with Gasteiger partial charge in [0.15, 0.2) is 0 Å². The van der Waals surface area contributed by atoms with Crippen LogP contribution < -0.4 is 10.6 Å². The zero-order valence-electron chi connectivity index (χ0n) is 11.9. The average Bonchev–Trinajstić information content (AvgIpc) is 3.05. The summed E-state index contributed by atoms with van der Waals surface area (Å²) in [6, 6.07) is 5.39. The Hall–Kier alpha value is -1.96. The molecule has 0 saturated carbocycles. The van der Waals surface area contributed by atoms with Crippen molar-refractivity contribution in [2.75, 3.05) is 11.9 Å². The number of halogens is 2. The van der Waals surface area contributed by atoms with Crippen molar-refractivity contribution < 1.29 is 19.1 Å². The highest BCUT2D eigenvalue weighted by Gasteiger charge is 2.15. The summed E-state index contributed by atoms with van der Waals surface area (Å²) in [6.07, 6.45) is -0.404. The second-order valence-corrected chi connectivity index (χ2v) is 5.89. The van der Waals surface area contributed by atoms with Crippen molar-refractivity contribution in [1.82, 2.24) is 5.32 Å². The minimum Gasteiger partial charge on any atom is -0.388 e. The zero-order valence-corrected chi connectivity index (χ0v) is 13.5. The van der Waals surface area contributed by atoms with Gasteiger partial charge in [-0.3, -0.25) is 9.59 Å². The molecule has 2 aromatic rings. The molecule has 2 amide bonds. The van der Waals surface area contributed by atoms with Gasteiger partial charge in [0.1, 0.15) is 5.82 Å². The molecule has 2 rings (SSSR count). The van der Waals surface area contributed by atoms with E-state index in [2.05, 4.69) is 10.6 Å². The van der Waals surface area contributed by atoms with Crippen molar-refractivity contribution in [2.45, 2.75) is 12.5 Å². The van der Waals surface area contributed by atoms with E-state index in [0.717, 1.165) is 11.6 Å². The monoisotopic (exact) mass is 356 g/mol. The molecule has 1 aromatic heterocycles. The van der Waals surface area contributed by atoms with Crippen LogP contribution in [0.25, 0.3) is 0 Å². The maximum atomic E-state index is 13.0. The fourth-order valence-electron chi connectivity index (χ4n) is 1.80. The van der Waals surface area contributed by atoms with Crippen LogP contribution in [0.4, 0.5) is 10.1 Å². The van der Waals surface area contributed by atoms with Crippen molar-refractivity contribution in [3.63, 3.8) is 0 Å². The first-order valence-corrected chi connectivity index (χ1v) is 8.04. The maximum Gasteiger partial charge on any atom is 0.313 e. The molecule has 0 radical (unpaired) electrons. The van der Waals surface area contributed by atoms with Gasteiger partial charge in [0, 0.05) is 12.2 Å². The predicted molar refractivity (Wildman–Crippen MR) is 86.9 cm³/mol. The van der Waals surface area contributed by atoms with E-state index < -0.39 is 23.7 Å². The number of carbonyl (C=O) groups is 2. The number of rotatable bonds is 5. The average molecular weight is 357 g/mol. The van der Waals surface area contributed by atoms with Gasteiger partial charge >= 0.3 is 11.8 Å². The van der Waals surface area contributed by atoms with Crippen molar-refractivity contribution in [3.05, 3.63) is 51.4 Å². The predicted octanol–water partition coefficient (Wildman–Crippen LogP) is 2.72. The number of benzene rings is 1. The lowest BCUT2D eigenvalue weighted by atomic mass is 10.1. The van der Waals surface area contributed by atoms with E-state index >= 15 is 0 Å². The molecule has 122 valence electrons. The largest absolute Gasteiger partial charge is 0.388 e. The zero-order chi connectivity index (χ0) is 16.8. The standard InChI is InChI=1S/C15H14ClFN2O3S/c16-11-7-10(1-2-12(11)17)19-15(22)14(21)18-5-3-13(20)9-4-6-23-8-9/h1-2,4,6-8,13,20H,3,5H2,(H,18,21)(H,19,22). The molecule has 0 bridgehead atoms. The van der Waals surface area contributed by atoms with Crippen LogP contribution in [0.5, 0.6) is 0 Å². The fraction of sp³-hybridized carbons (Fsp3) is 0.200. The second kappa shape index (κ2) is 8.05. The molecule has 5 nitrogen and oxygen atoms in total. The van der Waals surface area contributed by atoms with Gasteiger partial charge in [-0.15, -0.1) is 0 Å². The Labute approximate surface area is 141 Å². The number of amides is 2. The summed E-state index contributed by atoms with van der Waals surface area (Å²) in [6.45, 7) is 0.146. The summed E-state index contributed by atoms with van der Waals surface area (Å²) in [4.78, 5) is 23.3. The Kier molecular flexibility index (Phi) is 6.09. The third kappa shape index (κ3) is 5.02. The molecule has 1 unspecified atom stereocenters. The van der Waals surface area contributed by atoms with Gasteiger partial charge in [-0.2, -0.15) is 11.3 Å². The first-order chi connectivity index (χ1) is 11.0. The van der Waals surface area contributed by atoms with E-state index in [9.17, 15) is 19.1 Å². The lowest BCUT2D eigenvalue weighted by Gasteiger charge is -2.10. The van der Waals surface area contributed by atoms with Crippen LogP contribution >= 0.6 is 22.9 Å². The molecule has 0 aliphatic rings. The number of nitrogens with one attached hydrogen (secondary N) is 2. The number of aliphatic hydroxyl groups excluding tert-OH is 1. The second-order valence-electron chi connectivity index (χ2n) is 4.70. The molecular formula is C15H14ClFN2O3S. The SMILES string of the molecule is O=C(NCCC(O)c1ccsc1)C(=O)Nc1ccc(F)c(Cl)c1. The summed E-state index contributed by atoms with van der Waals surface area (Å²) in [5, 5.41) is 18.1. The van der Waals surface area contributed by atoms with E-state index in [1.165, 1.54) is 23.5 Å². The molecule has 0 saturated heterocycles. The molecular weight excluding hydrogens is 343 g/mol. The minimum absolute atomic E-state index is 0.146. The number of thiophene rings is 1. The Morgan fingerprint density at radius 1 is 1.30 bits per heavy atom. The van der Waals surface area contributed by atoms with Gasteiger partial charge in [0.25, 0.3) is 0 Å².